The van der Waals surface area contributed by atoms with Crippen molar-refractivity contribution in [2.75, 3.05) is 5.75 Å². The Balaban J connectivity index is 2.03. The van der Waals surface area contributed by atoms with Crippen molar-refractivity contribution < 1.29 is 13.2 Å². The lowest BCUT2D eigenvalue weighted by Gasteiger charge is -2.05. The molecule has 0 bridgehead atoms. The summed E-state index contributed by atoms with van der Waals surface area (Å²) in [5, 5.41) is 4.02. The molecule has 0 aliphatic heterocycles. The molecule has 0 spiro atoms. The largest absolute Gasteiger partial charge is 0.271 e. The van der Waals surface area contributed by atoms with Crippen molar-refractivity contribution in [1.29, 1.82) is 0 Å². The third-order valence-corrected chi connectivity index (χ3v) is 5.42. The molecule has 0 saturated carbocycles. The van der Waals surface area contributed by atoms with Crippen molar-refractivity contribution in [3.05, 3.63) is 71.6 Å². The summed E-state index contributed by atoms with van der Waals surface area (Å²) in [5.74, 6) is -0.487. The Labute approximate surface area is 153 Å². The Bertz CT molecular complexity index is 932. The number of sulfone groups is 1. The molecule has 0 aliphatic carbocycles. The van der Waals surface area contributed by atoms with Crippen LogP contribution in [0.3, 0.4) is 0 Å². The van der Waals surface area contributed by atoms with Crippen LogP contribution in [0.4, 0.5) is 0 Å². The van der Waals surface area contributed by atoms with Gasteiger partial charge in [0.2, 0.25) is 0 Å². The lowest BCUT2D eigenvalue weighted by atomic mass is 10.2. The van der Waals surface area contributed by atoms with Gasteiger partial charge in [-0.3, -0.25) is 9.78 Å². The number of hydrazone groups is 1. The van der Waals surface area contributed by atoms with Gasteiger partial charge in [0.05, 0.1) is 16.4 Å². The van der Waals surface area contributed by atoms with Gasteiger partial charge in [-0.25, -0.2) is 13.8 Å². The molecule has 2 rings (SSSR count). The van der Waals surface area contributed by atoms with Gasteiger partial charge in [-0.15, -0.1) is 0 Å². The maximum absolute atomic E-state index is 12.4. The fraction of sp³-hybridized carbons (Fsp3) is 0.211. The molecule has 26 heavy (non-hydrogen) atoms. The predicted molar refractivity (Wildman–Crippen MR) is 102 cm³/mol. The molecule has 1 N–H and O–H groups in total. The van der Waals surface area contributed by atoms with Crippen LogP contribution < -0.4 is 5.43 Å². The highest BCUT2D eigenvalue weighted by atomic mass is 32.2. The number of rotatable bonds is 6. The molecule has 1 amide bonds. The van der Waals surface area contributed by atoms with Crippen LogP contribution in [0.15, 0.2) is 70.4 Å². The van der Waals surface area contributed by atoms with E-state index in [1.807, 2.05) is 6.92 Å². The minimum absolute atomic E-state index is 0.132. The van der Waals surface area contributed by atoms with Gasteiger partial charge in [0.15, 0.2) is 9.84 Å². The Kier molecular flexibility index (Phi) is 6.41. The van der Waals surface area contributed by atoms with E-state index in [9.17, 15) is 13.2 Å². The number of amides is 1. The number of carbonyl (C=O) groups excluding carboxylic acids is 1. The van der Waals surface area contributed by atoms with E-state index in [1.54, 1.807) is 56.3 Å². The molecule has 1 aromatic carbocycles. The quantitative estimate of drug-likeness (QED) is 0.625. The summed E-state index contributed by atoms with van der Waals surface area (Å²) in [4.78, 5) is 16.1. The average Bonchev–Trinajstić information content (AvgIpc) is 2.65. The molecule has 0 fully saturated rings. The first kappa shape index (κ1) is 19.5. The van der Waals surface area contributed by atoms with Gasteiger partial charge in [-0.05, 0) is 50.6 Å². The second-order valence-electron chi connectivity index (χ2n) is 5.86. The van der Waals surface area contributed by atoms with Crippen molar-refractivity contribution in [2.24, 2.45) is 5.10 Å². The Morgan fingerprint density at radius 2 is 1.73 bits per heavy atom. The Morgan fingerprint density at radius 3 is 2.35 bits per heavy atom. The SMILES string of the molecule is CC(=N/NC(=O)c1ccncc1)/C(C)=C/CS(=O)(=O)c1ccc(C)cc1. The van der Waals surface area contributed by atoms with Crippen molar-refractivity contribution in [3.8, 4) is 0 Å². The van der Waals surface area contributed by atoms with Gasteiger partial charge in [0.25, 0.3) is 5.91 Å². The zero-order valence-electron chi connectivity index (χ0n) is 14.9. The van der Waals surface area contributed by atoms with E-state index < -0.39 is 9.84 Å². The highest BCUT2D eigenvalue weighted by molar-refractivity contribution is 7.91. The second-order valence-corrected chi connectivity index (χ2v) is 7.89. The molecule has 7 heteroatoms. The monoisotopic (exact) mass is 371 g/mol. The Morgan fingerprint density at radius 1 is 1.12 bits per heavy atom. The first-order chi connectivity index (χ1) is 12.3. The number of nitrogens with zero attached hydrogens (tertiary/aromatic N) is 2. The van der Waals surface area contributed by atoms with Gasteiger partial charge in [-0.1, -0.05) is 23.8 Å². The zero-order valence-corrected chi connectivity index (χ0v) is 15.7. The number of allylic oxidation sites excluding steroid dienone is 1. The average molecular weight is 371 g/mol. The summed E-state index contributed by atoms with van der Waals surface area (Å²) >= 11 is 0. The highest BCUT2D eigenvalue weighted by Gasteiger charge is 2.13. The van der Waals surface area contributed by atoms with E-state index in [2.05, 4.69) is 15.5 Å². The van der Waals surface area contributed by atoms with Gasteiger partial charge in [0, 0.05) is 18.0 Å². The van der Waals surface area contributed by atoms with Crippen LogP contribution in [0.5, 0.6) is 0 Å². The molecule has 0 unspecified atom stereocenters. The zero-order chi connectivity index (χ0) is 19.2. The lowest BCUT2D eigenvalue weighted by Crippen LogP contribution is -2.19. The smallest absolute Gasteiger partial charge is 0.267 e. The molecule has 0 saturated heterocycles. The van der Waals surface area contributed by atoms with Gasteiger partial charge in [0.1, 0.15) is 0 Å². The summed E-state index contributed by atoms with van der Waals surface area (Å²) in [7, 11) is -3.41. The molecule has 1 aromatic heterocycles. The summed E-state index contributed by atoms with van der Waals surface area (Å²) in [6.07, 6.45) is 4.63. The summed E-state index contributed by atoms with van der Waals surface area (Å²) in [6.45, 7) is 5.36. The maximum Gasteiger partial charge on any atom is 0.271 e. The van der Waals surface area contributed by atoms with Crippen LogP contribution in [-0.2, 0) is 9.84 Å². The number of pyridine rings is 1. The molecule has 2 aromatic rings. The molecule has 0 aliphatic rings. The van der Waals surface area contributed by atoms with Crippen molar-refractivity contribution >= 4 is 21.5 Å². The molecule has 0 radical (unpaired) electrons. The summed E-state index contributed by atoms with van der Waals surface area (Å²) in [6, 6.07) is 9.90. The number of aromatic nitrogens is 1. The predicted octanol–water partition coefficient (Wildman–Crippen LogP) is 2.92. The molecule has 0 atom stereocenters. The van der Waals surface area contributed by atoms with Gasteiger partial charge < -0.3 is 0 Å². The van der Waals surface area contributed by atoms with E-state index in [1.165, 1.54) is 12.4 Å². The Hall–Kier alpha value is -2.80. The van der Waals surface area contributed by atoms with Crippen LogP contribution >= 0.6 is 0 Å². The number of benzene rings is 1. The van der Waals surface area contributed by atoms with E-state index in [0.29, 0.717) is 16.8 Å². The first-order valence-corrected chi connectivity index (χ1v) is 9.66. The number of hydrogen-bond acceptors (Lipinski definition) is 5. The van der Waals surface area contributed by atoms with E-state index in [4.69, 9.17) is 0 Å². The van der Waals surface area contributed by atoms with E-state index >= 15 is 0 Å². The minimum Gasteiger partial charge on any atom is -0.267 e. The second kappa shape index (κ2) is 8.53. The lowest BCUT2D eigenvalue weighted by molar-refractivity contribution is 0.0954. The van der Waals surface area contributed by atoms with Crippen LogP contribution in [-0.4, -0.2) is 30.8 Å². The third kappa shape index (κ3) is 5.35. The number of aryl methyl sites for hydroxylation is 1. The van der Waals surface area contributed by atoms with Crippen LogP contribution in [0.25, 0.3) is 0 Å². The minimum atomic E-state index is -3.41. The molecule has 1 heterocycles. The number of carbonyl (C=O) groups is 1. The topological polar surface area (TPSA) is 88.5 Å². The standard InChI is InChI=1S/C19H21N3O3S/c1-14-4-6-18(7-5-14)26(24,25)13-10-15(2)16(3)21-22-19(23)17-8-11-20-12-9-17/h4-12H,13H2,1-3H3,(H,22,23)/b15-10+,21-16-. The maximum atomic E-state index is 12.4. The van der Waals surface area contributed by atoms with Crippen molar-refractivity contribution in [2.45, 2.75) is 25.7 Å². The number of hydrogen-bond donors (Lipinski definition) is 1. The van der Waals surface area contributed by atoms with Crippen LogP contribution in [0.1, 0.15) is 29.8 Å². The van der Waals surface area contributed by atoms with Crippen LogP contribution in [0, 0.1) is 6.92 Å². The van der Waals surface area contributed by atoms with Crippen LogP contribution in [0.2, 0.25) is 0 Å². The van der Waals surface area contributed by atoms with Gasteiger partial charge in [-0.2, -0.15) is 5.10 Å². The third-order valence-electron chi connectivity index (χ3n) is 3.83. The molecular formula is C19H21N3O3S. The first-order valence-electron chi connectivity index (χ1n) is 8.01. The summed E-state index contributed by atoms with van der Waals surface area (Å²) < 4.78 is 24.7. The number of nitrogens with one attached hydrogen (secondary N) is 1. The fourth-order valence-electron chi connectivity index (χ4n) is 2.01. The normalized spacial score (nSPS) is 12.7. The van der Waals surface area contributed by atoms with Crippen molar-refractivity contribution in [1.82, 2.24) is 10.4 Å². The highest BCUT2D eigenvalue weighted by Crippen LogP contribution is 2.13. The van der Waals surface area contributed by atoms with E-state index in [0.717, 1.165) is 5.56 Å². The fourth-order valence-corrected chi connectivity index (χ4v) is 3.23. The molecular weight excluding hydrogens is 350 g/mol. The molecule has 136 valence electrons. The van der Waals surface area contributed by atoms with E-state index in [-0.39, 0.29) is 16.6 Å². The molecule has 6 nitrogen and oxygen atoms in total. The summed E-state index contributed by atoms with van der Waals surface area (Å²) in [5.41, 5.74) is 5.10. The van der Waals surface area contributed by atoms with Gasteiger partial charge >= 0.3 is 0 Å². The van der Waals surface area contributed by atoms with Crippen molar-refractivity contribution in [3.63, 3.8) is 0 Å².